The van der Waals surface area contributed by atoms with E-state index in [0.717, 1.165) is 18.4 Å². The highest BCUT2D eigenvalue weighted by Crippen LogP contribution is 2.20. The summed E-state index contributed by atoms with van der Waals surface area (Å²) >= 11 is 0. The van der Waals surface area contributed by atoms with Crippen LogP contribution in [0.4, 0.5) is 0 Å². The predicted molar refractivity (Wildman–Crippen MR) is 74.2 cm³/mol. The van der Waals surface area contributed by atoms with Gasteiger partial charge in [0, 0.05) is 25.5 Å². The van der Waals surface area contributed by atoms with E-state index in [9.17, 15) is 9.59 Å². The van der Waals surface area contributed by atoms with Crippen LogP contribution >= 0.6 is 0 Å². The highest BCUT2D eigenvalue weighted by atomic mass is 16.5. The number of amides is 1. The SMILES string of the molecule is CCOC(=O)C1CCCN(C(=O)c2cncc(C)c2)C1. The molecule has 2 rings (SSSR count). The van der Waals surface area contributed by atoms with Crippen LogP contribution in [-0.2, 0) is 9.53 Å². The van der Waals surface area contributed by atoms with E-state index >= 15 is 0 Å². The van der Waals surface area contributed by atoms with Crippen molar-refractivity contribution in [2.75, 3.05) is 19.7 Å². The molecule has 1 unspecified atom stereocenters. The molecule has 1 aliphatic heterocycles. The van der Waals surface area contributed by atoms with Crippen molar-refractivity contribution in [1.82, 2.24) is 9.88 Å². The molecule has 0 radical (unpaired) electrons. The van der Waals surface area contributed by atoms with Crippen LogP contribution in [0, 0.1) is 12.8 Å². The number of pyridine rings is 1. The second kappa shape index (κ2) is 6.50. The molecule has 1 aromatic heterocycles. The Morgan fingerprint density at radius 2 is 2.25 bits per heavy atom. The van der Waals surface area contributed by atoms with Crippen LogP contribution in [0.2, 0.25) is 0 Å². The minimum Gasteiger partial charge on any atom is -0.466 e. The predicted octanol–water partition coefficient (Wildman–Crippen LogP) is 1.81. The first-order valence-corrected chi connectivity index (χ1v) is 6.99. The van der Waals surface area contributed by atoms with Gasteiger partial charge in [-0.25, -0.2) is 0 Å². The van der Waals surface area contributed by atoms with E-state index in [1.165, 1.54) is 0 Å². The minimum absolute atomic E-state index is 0.0600. The first-order valence-electron chi connectivity index (χ1n) is 6.99. The Hall–Kier alpha value is -1.91. The maximum absolute atomic E-state index is 12.4. The number of hydrogen-bond donors (Lipinski definition) is 0. The Morgan fingerprint density at radius 1 is 1.45 bits per heavy atom. The number of aryl methyl sites for hydroxylation is 1. The summed E-state index contributed by atoms with van der Waals surface area (Å²) in [4.78, 5) is 30.0. The first-order chi connectivity index (χ1) is 9.61. The van der Waals surface area contributed by atoms with Gasteiger partial charge >= 0.3 is 5.97 Å². The zero-order valence-electron chi connectivity index (χ0n) is 12.0. The van der Waals surface area contributed by atoms with Crippen LogP contribution in [0.25, 0.3) is 0 Å². The molecule has 5 nitrogen and oxygen atoms in total. The first kappa shape index (κ1) is 14.5. The van der Waals surface area contributed by atoms with E-state index in [-0.39, 0.29) is 17.8 Å². The van der Waals surface area contributed by atoms with Gasteiger partial charge in [0.05, 0.1) is 18.1 Å². The third-order valence-electron chi connectivity index (χ3n) is 3.45. The van der Waals surface area contributed by atoms with Crippen molar-refractivity contribution in [3.8, 4) is 0 Å². The molecule has 1 aromatic rings. The molecule has 20 heavy (non-hydrogen) atoms. The lowest BCUT2D eigenvalue weighted by Gasteiger charge is -2.31. The largest absolute Gasteiger partial charge is 0.466 e. The number of likely N-dealkylation sites (tertiary alicyclic amines) is 1. The number of hydrogen-bond acceptors (Lipinski definition) is 4. The van der Waals surface area contributed by atoms with Gasteiger partial charge in [0.1, 0.15) is 0 Å². The van der Waals surface area contributed by atoms with E-state index in [1.54, 1.807) is 24.2 Å². The van der Waals surface area contributed by atoms with Gasteiger partial charge < -0.3 is 9.64 Å². The number of carbonyl (C=O) groups is 2. The van der Waals surface area contributed by atoms with E-state index < -0.39 is 0 Å². The van der Waals surface area contributed by atoms with Crippen LogP contribution in [-0.4, -0.2) is 41.5 Å². The number of piperidine rings is 1. The van der Waals surface area contributed by atoms with Crippen LogP contribution < -0.4 is 0 Å². The number of nitrogens with zero attached hydrogens (tertiary/aromatic N) is 2. The van der Waals surface area contributed by atoms with Crippen LogP contribution in [0.3, 0.4) is 0 Å². The summed E-state index contributed by atoms with van der Waals surface area (Å²) in [5.74, 6) is -0.465. The summed E-state index contributed by atoms with van der Waals surface area (Å²) in [6.45, 7) is 5.20. The summed E-state index contributed by atoms with van der Waals surface area (Å²) in [5, 5.41) is 0. The monoisotopic (exact) mass is 276 g/mol. The van der Waals surface area contributed by atoms with E-state index in [0.29, 0.717) is 25.3 Å². The molecule has 1 amide bonds. The number of aromatic nitrogens is 1. The number of carbonyl (C=O) groups excluding carboxylic acids is 2. The Morgan fingerprint density at radius 3 is 2.95 bits per heavy atom. The molecule has 5 heteroatoms. The van der Waals surface area contributed by atoms with Crippen LogP contribution in [0.5, 0.6) is 0 Å². The molecule has 1 aliphatic rings. The Kier molecular flexibility index (Phi) is 4.71. The maximum Gasteiger partial charge on any atom is 0.310 e. The molecular formula is C15H20N2O3. The second-order valence-corrected chi connectivity index (χ2v) is 5.09. The zero-order chi connectivity index (χ0) is 14.5. The molecule has 0 saturated carbocycles. The normalized spacial score (nSPS) is 18.7. The fraction of sp³-hybridized carbons (Fsp3) is 0.533. The molecular weight excluding hydrogens is 256 g/mol. The molecule has 0 spiro atoms. The third-order valence-corrected chi connectivity index (χ3v) is 3.45. The van der Waals surface area contributed by atoms with Crippen molar-refractivity contribution in [1.29, 1.82) is 0 Å². The molecule has 0 bridgehead atoms. The van der Waals surface area contributed by atoms with Crippen molar-refractivity contribution >= 4 is 11.9 Å². The summed E-state index contributed by atoms with van der Waals surface area (Å²) in [5.41, 5.74) is 1.53. The summed E-state index contributed by atoms with van der Waals surface area (Å²) < 4.78 is 5.05. The smallest absolute Gasteiger partial charge is 0.310 e. The molecule has 0 aliphatic carbocycles. The summed E-state index contributed by atoms with van der Waals surface area (Å²) in [6, 6.07) is 1.82. The molecule has 2 heterocycles. The van der Waals surface area contributed by atoms with E-state index in [1.807, 2.05) is 13.0 Å². The number of rotatable bonds is 3. The summed E-state index contributed by atoms with van der Waals surface area (Å²) in [6.07, 6.45) is 4.90. The van der Waals surface area contributed by atoms with Crippen molar-refractivity contribution in [2.45, 2.75) is 26.7 Å². The van der Waals surface area contributed by atoms with E-state index in [4.69, 9.17) is 4.74 Å². The van der Waals surface area contributed by atoms with Gasteiger partial charge in [-0.05, 0) is 38.3 Å². The van der Waals surface area contributed by atoms with Crippen molar-refractivity contribution in [3.05, 3.63) is 29.6 Å². The lowest BCUT2D eigenvalue weighted by Crippen LogP contribution is -2.42. The van der Waals surface area contributed by atoms with Gasteiger partial charge in [0.2, 0.25) is 0 Å². The van der Waals surface area contributed by atoms with Gasteiger partial charge in [-0.2, -0.15) is 0 Å². The fourth-order valence-corrected chi connectivity index (χ4v) is 2.47. The van der Waals surface area contributed by atoms with E-state index in [2.05, 4.69) is 4.98 Å². The van der Waals surface area contributed by atoms with Gasteiger partial charge in [-0.15, -0.1) is 0 Å². The van der Waals surface area contributed by atoms with Gasteiger partial charge in [0.15, 0.2) is 0 Å². The van der Waals surface area contributed by atoms with Gasteiger partial charge in [0.25, 0.3) is 5.91 Å². The average molecular weight is 276 g/mol. The number of ether oxygens (including phenoxy) is 1. The average Bonchev–Trinajstić information content (AvgIpc) is 2.47. The Balaban J connectivity index is 2.05. The standard InChI is InChI=1S/C15H20N2O3/c1-3-20-15(19)12-5-4-6-17(10-12)14(18)13-7-11(2)8-16-9-13/h7-9,12H,3-6,10H2,1-2H3. The van der Waals surface area contributed by atoms with Crippen LogP contribution in [0.15, 0.2) is 18.5 Å². The number of esters is 1. The fourth-order valence-electron chi connectivity index (χ4n) is 2.47. The quantitative estimate of drug-likeness (QED) is 0.790. The highest BCUT2D eigenvalue weighted by Gasteiger charge is 2.29. The molecule has 1 fully saturated rings. The molecule has 0 aromatic carbocycles. The minimum atomic E-state index is -0.203. The maximum atomic E-state index is 12.4. The Bertz CT molecular complexity index is 502. The summed E-state index contributed by atoms with van der Waals surface area (Å²) in [7, 11) is 0. The lowest BCUT2D eigenvalue weighted by molar-refractivity contribution is -0.149. The highest BCUT2D eigenvalue weighted by molar-refractivity contribution is 5.94. The van der Waals surface area contributed by atoms with Gasteiger partial charge in [-0.3, -0.25) is 14.6 Å². The third kappa shape index (κ3) is 3.35. The zero-order valence-corrected chi connectivity index (χ0v) is 12.0. The molecule has 1 saturated heterocycles. The van der Waals surface area contributed by atoms with Gasteiger partial charge in [-0.1, -0.05) is 0 Å². The topological polar surface area (TPSA) is 59.5 Å². The second-order valence-electron chi connectivity index (χ2n) is 5.09. The van der Waals surface area contributed by atoms with Crippen LogP contribution in [0.1, 0.15) is 35.7 Å². The van der Waals surface area contributed by atoms with Crippen molar-refractivity contribution < 1.29 is 14.3 Å². The van der Waals surface area contributed by atoms with Crippen molar-refractivity contribution in [3.63, 3.8) is 0 Å². The molecule has 108 valence electrons. The Labute approximate surface area is 118 Å². The molecule has 1 atom stereocenters. The molecule has 0 N–H and O–H groups in total. The van der Waals surface area contributed by atoms with Crippen molar-refractivity contribution in [2.24, 2.45) is 5.92 Å². The lowest BCUT2D eigenvalue weighted by atomic mass is 9.97.